The molecule has 1 heterocycles. The first-order valence-corrected chi connectivity index (χ1v) is 7.46. The average molecular weight is 295 g/mol. The molecule has 0 saturated heterocycles. The number of hydrogen-bond acceptors (Lipinski definition) is 8. The molecule has 0 atom stereocenters. The van der Waals surface area contributed by atoms with Gasteiger partial charge in [-0.25, -0.2) is 5.84 Å². The molecule has 1 aliphatic rings. The van der Waals surface area contributed by atoms with Gasteiger partial charge in [-0.2, -0.15) is 15.0 Å². The van der Waals surface area contributed by atoms with Crippen molar-refractivity contribution in [1.29, 1.82) is 0 Å². The number of anilines is 3. The minimum Gasteiger partial charge on any atom is -0.383 e. The standard InChI is InChI=1S/C13H25N7O/c1-4-19(5-2)12-15-11(18-14)16-13(17-12)20(8-9-21-3)10-6-7-10/h10H,4-9,14H2,1-3H3,(H,15,16,17,18). The van der Waals surface area contributed by atoms with E-state index in [1.165, 1.54) is 12.8 Å². The van der Waals surface area contributed by atoms with Crippen molar-refractivity contribution in [3.05, 3.63) is 0 Å². The molecular weight excluding hydrogens is 270 g/mol. The number of hydrazine groups is 1. The van der Waals surface area contributed by atoms with E-state index in [1.807, 2.05) is 0 Å². The van der Waals surface area contributed by atoms with Gasteiger partial charge in [-0.3, -0.25) is 5.43 Å². The Labute approximate surface area is 125 Å². The van der Waals surface area contributed by atoms with Gasteiger partial charge in [0.2, 0.25) is 17.8 Å². The van der Waals surface area contributed by atoms with Crippen molar-refractivity contribution in [2.75, 3.05) is 48.6 Å². The Bertz CT molecular complexity index is 448. The lowest BCUT2D eigenvalue weighted by Gasteiger charge is -2.25. The summed E-state index contributed by atoms with van der Waals surface area (Å²) in [4.78, 5) is 17.6. The molecule has 1 aromatic heterocycles. The molecule has 0 unspecified atom stereocenters. The lowest BCUT2D eigenvalue weighted by atomic mass is 10.5. The SMILES string of the molecule is CCN(CC)c1nc(NN)nc(N(CCOC)C2CC2)n1. The van der Waals surface area contributed by atoms with Gasteiger partial charge in [0.25, 0.3) is 0 Å². The van der Waals surface area contributed by atoms with Crippen molar-refractivity contribution in [2.24, 2.45) is 5.84 Å². The third-order valence-corrected chi connectivity index (χ3v) is 3.57. The maximum Gasteiger partial charge on any atom is 0.243 e. The molecule has 0 spiro atoms. The first-order valence-electron chi connectivity index (χ1n) is 7.46. The van der Waals surface area contributed by atoms with Crippen LogP contribution in [-0.2, 0) is 4.74 Å². The number of methoxy groups -OCH3 is 1. The Morgan fingerprint density at radius 1 is 1.19 bits per heavy atom. The summed E-state index contributed by atoms with van der Waals surface area (Å²) in [6, 6.07) is 0.498. The zero-order chi connectivity index (χ0) is 15.2. The summed E-state index contributed by atoms with van der Waals surface area (Å²) in [7, 11) is 1.70. The van der Waals surface area contributed by atoms with E-state index in [0.717, 1.165) is 19.6 Å². The smallest absolute Gasteiger partial charge is 0.243 e. The molecule has 1 aromatic rings. The van der Waals surface area contributed by atoms with Crippen molar-refractivity contribution >= 4 is 17.8 Å². The van der Waals surface area contributed by atoms with Crippen LogP contribution in [0.2, 0.25) is 0 Å². The highest BCUT2D eigenvalue weighted by Crippen LogP contribution is 2.30. The van der Waals surface area contributed by atoms with Gasteiger partial charge in [-0.15, -0.1) is 0 Å². The van der Waals surface area contributed by atoms with Crippen molar-refractivity contribution in [3.63, 3.8) is 0 Å². The second-order valence-corrected chi connectivity index (χ2v) is 4.99. The summed E-state index contributed by atoms with van der Waals surface area (Å²) in [6.07, 6.45) is 2.34. The molecule has 8 heteroatoms. The minimum atomic E-state index is 0.393. The van der Waals surface area contributed by atoms with Crippen LogP contribution in [0.15, 0.2) is 0 Å². The van der Waals surface area contributed by atoms with Gasteiger partial charge in [-0.1, -0.05) is 0 Å². The molecule has 2 rings (SSSR count). The fraction of sp³-hybridized carbons (Fsp3) is 0.769. The molecule has 118 valence electrons. The molecule has 3 N–H and O–H groups in total. The Hall–Kier alpha value is -1.67. The molecule has 1 fully saturated rings. The number of nitrogens with one attached hydrogen (secondary N) is 1. The Balaban J connectivity index is 2.29. The highest BCUT2D eigenvalue weighted by Gasteiger charge is 2.31. The average Bonchev–Trinajstić information content (AvgIpc) is 3.33. The van der Waals surface area contributed by atoms with Crippen LogP contribution in [0.3, 0.4) is 0 Å². The van der Waals surface area contributed by atoms with E-state index in [9.17, 15) is 0 Å². The predicted octanol–water partition coefficient (Wildman–Crippen LogP) is 0.619. The quantitative estimate of drug-likeness (QED) is 0.506. The fourth-order valence-corrected chi connectivity index (χ4v) is 2.22. The van der Waals surface area contributed by atoms with Gasteiger partial charge in [-0.05, 0) is 26.7 Å². The summed E-state index contributed by atoms with van der Waals surface area (Å²) in [5.41, 5.74) is 2.53. The normalized spacial score (nSPS) is 14.1. The fourth-order valence-electron chi connectivity index (χ4n) is 2.22. The van der Waals surface area contributed by atoms with E-state index in [1.54, 1.807) is 7.11 Å². The highest BCUT2D eigenvalue weighted by molar-refractivity contribution is 5.46. The lowest BCUT2D eigenvalue weighted by molar-refractivity contribution is 0.204. The predicted molar refractivity (Wildman–Crippen MR) is 83.4 cm³/mol. The van der Waals surface area contributed by atoms with E-state index in [2.05, 4.69) is 44.0 Å². The third-order valence-electron chi connectivity index (χ3n) is 3.57. The van der Waals surface area contributed by atoms with E-state index < -0.39 is 0 Å². The van der Waals surface area contributed by atoms with Gasteiger partial charge in [0.05, 0.1) is 6.61 Å². The number of rotatable bonds is 9. The minimum absolute atomic E-state index is 0.393. The van der Waals surface area contributed by atoms with Crippen LogP contribution in [0.5, 0.6) is 0 Å². The Kier molecular flexibility index (Phi) is 5.51. The van der Waals surface area contributed by atoms with Crippen LogP contribution in [0.1, 0.15) is 26.7 Å². The monoisotopic (exact) mass is 295 g/mol. The first kappa shape index (κ1) is 15.7. The largest absolute Gasteiger partial charge is 0.383 e. The number of nitrogen functional groups attached to an aromatic ring is 1. The molecule has 0 radical (unpaired) electrons. The van der Waals surface area contributed by atoms with Gasteiger partial charge in [0.15, 0.2) is 0 Å². The van der Waals surface area contributed by atoms with Crippen LogP contribution >= 0.6 is 0 Å². The highest BCUT2D eigenvalue weighted by atomic mass is 16.5. The lowest BCUT2D eigenvalue weighted by Crippen LogP contribution is -2.33. The molecule has 0 aliphatic heterocycles. The molecule has 0 amide bonds. The molecule has 0 aromatic carbocycles. The van der Waals surface area contributed by atoms with Crippen LogP contribution in [-0.4, -0.2) is 54.3 Å². The summed E-state index contributed by atoms with van der Waals surface area (Å²) in [6.45, 7) is 7.25. The number of ether oxygens (including phenoxy) is 1. The number of hydrogen-bond donors (Lipinski definition) is 2. The number of nitrogens with two attached hydrogens (primary N) is 1. The molecule has 21 heavy (non-hydrogen) atoms. The zero-order valence-electron chi connectivity index (χ0n) is 13.0. The van der Waals surface area contributed by atoms with Gasteiger partial charge >= 0.3 is 0 Å². The van der Waals surface area contributed by atoms with Crippen LogP contribution in [0.4, 0.5) is 17.8 Å². The van der Waals surface area contributed by atoms with Crippen molar-refractivity contribution < 1.29 is 4.74 Å². The van der Waals surface area contributed by atoms with Crippen LogP contribution < -0.4 is 21.1 Å². The van der Waals surface area contributed by atoms with Crippen molar-refractivity contribution in [3.8, 4) is 0 Å². The maximum atomic E-state index is 5.50. The van der Waals surface area contributed by atoms with Crippen LogP contribution in [0.25, 0.3) is 0 Å². The second-order valence-electron chi connectivity index (χ2n) is 4.99. The molecule has 1 aliphatic carbocycles. The molecular formula is C13H25N7O. The van der Waals surface area contributed by atoms with Crippen LogP contribution in [0, 0.1) is 0 Å². The first-order chi connectivity index (χ1) is 10.2. The summed E-state index contributed by atoms with van der Waals surface area (Å²) in [5, 5.41) is 0. The third kappa shape index (κ3) is 3.92. The van der Waals surface area contributed by atoms with E-state index in [-0.39, 0.29) is 0 Å². The van der Waals surface area contributed by atoms with Crippen molar-refractivity contribution in [2.45, 2.75) is 32.7 Å². The zero-order valence-corrected chi connectivity index (χ0v) is 13.0. The topological polar surface area (TPSA) is 92.4 Å². The number of aromatic nitrogens is 3. The Morgan fingerprint density at radius 3 is 2.38 bits per heavy atom. The van der Waals surface area contributed by atoms with E-state index in [4.69, 9.17) is 10.6 Å². The summed E-state index contributed by atoms with van der Waals surface area (Å²) >= 11 is 0. The van der Waals surface area contributed by atoms with Gasteiger partial charge in [0, 0.05) is 32.8 Å². The molecule has 1 saturated carbocycles. The summed E-state index contributed by atoms with van der Waals surface area (Å²) < 4.78 is 5.18. The van der Waals surface area contributed by atoms with E-state index in [0.29, 0.717) is 30.5 Å². The van der Waals surface area contributed by atoms with Crippen molar-refractivity contribution in [1.82, 2.24) is 15.0 Å². The molecule has 8 nitrogen and oxygen atoms in total. The summed E-state index contributed by atoms with van der Waals surface area (Å²) in [5.74, 6) is 7.21. The molecule has 0 bridgehead atoms. The van der Waals surface area contributed by atoms with Gasteiger partial charge < -0.3 is 14.5 Å². The van der Waals surface area contributed by atoms with Gasteiger partial charge in [0.1, 0.15) is 0 Å². The Morgan fingerprint density at radius 2 is 1.86 bits per heavy atom. The van der Waals surface area contributed by atoms with E-state index >= 15 is 0 Å². The second kappa shape index (κ2) is 7.37. The number of nitrogens with zero attached hydrogens (tertiary/aromatic N) is 5. The maximum absolute atomic E-state index is 5.50.